The second-order valence-electron chi connectivity index (χ2n) is 9.66. The van der Waals surface area contributed by atoms with Crippen molar-refractivity contribution in [2.24, 2.45) is 0 Å². The molecule has 1 heterocycles. The molecule has 4 aromatic rings. The van der Waals surface area contributed by atoms with Crippen molar-refractivity contribution < 1.29 is 9.59 Å². The Hall–Kier alpha value is -4.38. The van der Waals surface area contributed by atoms with E-state index in [9.17, 15) is 9.59 Å². The molecule has 2 N–H and O–H groups in total. The Labute approximate surface area is 224 Å². The summed E-state index contributed by atoms with van der Waals surface area (Å²) in [6, 6.07) is 35.4. The molecule has 2 amide bonds. The molecule has 192 valence electrons. The van der Waals surface area contributed by atoms with Gasteiger partial charge in [0, 0.05) is 31.0 Å². The van der Waals surface area contributed by atoms with Crippen LogP contribution in [0.5, 0.6) is 0 Å². The fourth-order valence-electron chi connectivity index (χ4n) is 5.09. The van der Waals surface area contributed by atoms with Crippen LogP contribution >= 0.6 is 0 Å². The first-order chi connectivity index (χ1) is 18.7. The van der Waals surface area contributed by atoms with Crippen molar-refractivity contribution in [3.05, 3.63) is 131 Å². The summed E-state index contributed by atoms with van der Waals surface area (Å²) < 4.78 is 0. The van der Waals surface area contributed by atoms with E-state index in [1.54, 1.807) is 0 Å². The van der Waals surface area contributed by atoms with Crippen LogP contribution in [0, 0.1) is 0 Å². The van der Waals surface area contributed by atoms with Gasteiger partial charge >= 0.3 is 0 Å². The molecular weight excluding hydrogens is 470 g/mol. The molecule has 5 rings (SSSR count). The van der Waals surface area contributed by atoms with Crippen LogP contribution in [0.3, 0.4) is 0 Å². The first-order valence-electron chi connectivity index (χ1n) is 13.3. The van der Waals surface area contributed by atoms with Crippen LogP contribution < -0.4 is 15.5 Å². The monoisotopic (exact) mass is 503 g/mol. The molecule has 0 spiro atoms. The number of benzene rings is 4. The first-order valence-corrected chi connectivity index (χ1v) is 13.3. The minimum atomic E-state index is -0.459. The average molecular weight is 504 g/mol. The number of carbonyl (C=O) groups is 2. The lowest BCUT2D eigenvalue weighted by Gasteiger charge is -2.23. The molecule has 0 bridgehead atoms. The van der Waals surface area contributed by atoms with Gasteiger partial charge in [0.1, 0.15) is 0 Å². The minimum absolute atomic E-state index is 0.124. The van der Waals surface area contributed by atoms with Gasteiger partial charge in [-0.05, 0) is 54.2 Å². The first kappa shape index (κ1) is 25.3. The third-order valence-electron chi connectivity index (χ3n) is 7.03. The standard InChI is InChI=1S/C33H33N3O2/c37-32(34-21-20-25-12-4-1-5-13-25)29-24-28(18-19-30(29)36-22-10-11-23-36)35-33(38)31(26-14-6-2-7-15-26)27-16-8-3-9-17-27/h1-9,12-19,24,31H,10-11,20-23H2,(H,34,37)(H,35,38). The Morgan fingerprint density at radius 2 is 1.32 bits per heavy atom. The zero-order valence-electron chi connectivity index (χ0n) is 21.5. The molecule has 5 nitrogen and oxygen atoms in total. The van der Waals surface area contributed by atoms with Crippen LogP contribution in [-0.4, -0.2) is 31.4 Å². The van der Waals surface area contributed by atoms with Gasteiger partial charge in [-0.2, -0.15) is 0 Å². The van der Waals surface area contributed by atoms with Crippen molar-refractivity contribution in [3.8, 4) is 0 Å². The lowest BCUT2D eigenvalue weighted by atomic mass is 9.90. The lowest BCUT2D eigenvalue weighted by molar-refractivity contribution is -0.116. The Bertz CT molecular complexity index is 1310. The maximum atomic E-state index is 13.6. The van der Waals surface area contributed by atoms with Gasteiger partial charge in [0.05, 0.1) is 11.5 Å². The number of hydrogen-bond acceptors (Lipinski definition) is 3. The van der Waals surface area contributed by atoms with Gasteiger partial charge < -0.3 is 15.5 Å². The van der Waals surface area contributed by atoms with Crippen LogP contribution in [0.25, 0.3) is 0 Å². The normalized spacial score (nSPS) is 12.9. The van der Waals surface area contributed by atoms with Crippen molar-refractivity contribution in [2.45, 2.75) is 25.2 Å². The highest BCUT2D eigenvalue weighted by molar-refractivity contribution is 6.03. The van der Waals surface area contributed by atoms with Crippen LogP contribution in [0.1, 0.15) is 45.8 Å². The molecule has 5 heteroatoms. The molecule has 0 saturated carbocycles. The van der Waals surface area contributed by atoms with Crippen molar-refractivity contribution in [3.63, 3.8) is 0 Å². The van der Waals surface area contributed by atoms with E-state index in [4.69, 9.17) is 0 Å². The molecular formula is C33H33N3O2. The predicted octanol–water partition coefficient (Wildman–Crippen LogP) is 6.03. The second kappa shape index (κ2) is 12.2. The average Bonchev–Trinajstić information content (AvgIpc) is 3.50. The highest BCUT2D eigenvalue weighted by Gasteiger charge is 2.24. The predicted molar refractivity (Wildman–Crippen MR) is 154 cm³/mol. The highest BCUT2D eigenvalue weighted by Crippen LogP contribution is 2.30. The molecule has 0 aliphatic carbocycles. The fourth-order valence-corrected chi connectivity index (χ4v) is 5.09. The SMILES string of the molecule is O=C(NCCc1ccccc1)c1cc(NC(=O)C(c2ccccc2)c2ccccc2)ccc1N1CCCC1. The van der Waals surface area contributed by atoms with Crippen molar-refractivity contribution in [1.29, 1.82) is 0 Å². The Balaban J connectivity index is 1.38. The summed E-state index contributed by atoms with van der Waals surface area (Å²) in [6.07, 6.45) is 2.99. The molecule has 0 unspecified atom stereocenters. The smallest absolute Gasteiger partial charge is 0.253 e. The largest absolute Gasteiger partial charge is 0.371 e. The molecule has 38 heavy (non-hydrogen) atoms. The van der Waals surface area contributed by atoms with E-state index in [0.717, 1.165) is 49.2 Å². The van der Waals surface area contributed by atoms with Crippen LogP contribution in [0.2, 0.25) is 0 Å². The number of rotatable bonds is 9. The maximum Gasteiger partial charge on any atom is 0.253 e. The molecule has 1 aliphatic heterocycles. The number of anilines is 2. The second-order valence-corrected chi connectivity index (χ2v) is 9.66. The van der Waals surface area contributed by atoms with E-state index in [1.807, 2.05) is 97.1 Å². The Kier molecular flexibility index (Phi) is 8.14. The minimum Gasteiger partial charge on any atom is -0.371 e. The summed E-state index contributed by atoms with van der Waals surface area (Å²) in [6.45, 7) is 2.41. The van der Waals surface area contributed by atoms with Crippen LogP contribution in [-0.2, 0) is 11.2 Å². The van der Waals surface area contributed by atoms with E-state index >= 15 is 0 Å². The van der Waals surface area contributed by atoms with Crippen molar-refractivity contribution in [1.82, 2.24) is 5.32 Å². The third-order valence-corrected chi connectivity index (χ3v) is 7.03. The number of carbonyl (C=O) groups excluding carboxylic acids is 2. The summed E-state index contributed by atoms with van der Waals surface area (Å²) >= 11 is 0. The summed E-state index contributed by atoms with van der Waals surface area (Å²) in [5.41, 5.74) is 5.14. The molecule has 0 radical (unpaired) electrons. The quantitative estimate of drug-likeness (QED) is 0.293. The van der Waals surface area contributed by atoms with E-state index in [2.05, 4.69) is 27.7 Å². The topological polar surface area (TPSA) is 61.4 Å². The fraction of sp³-hybridized carbons (Fsp3) is 0.212. The van der Waals surface area contributed by atoms with Gasteiger partial charge in [0.15, 0.2) is 0 Å². The van der Waals surface area contributed by atoms with Gasteiger partial charge in [0.25, 0.3) is 5.91 Å². The molecule has 0 aromatic heterocycles. The number of hydrogen-bond donors (Lipinski definition) is 2. The van der Waals surface area contributed by atoms with E-state index in [0.29, 0.717) is 17.8 Å². The van der Waals surface area contributed by atoms with Gasteiger partial charge in [-0.1, -0.05) is 91.0 Å². The summed E-state index contributed by atoms with van der Waals surface area (Å²) in [5.74, 6) is -0.716. The summed E-state index contributed by atoms with van der Waals surface area (Å²) in [7, 11) is 0. The van der Waals surface area contributed by atoms with Crippen LogP contribution in [0.4, 0.5) is 11.4 Å². The summed E-state index contributed by atoms with van der Waals surface area (Å²) in [4.78, 5) is 29.3. The van der Waals surface area contributed by atoms with Crippen molar-refractivity contribution >= 4 is 23.2 Å². The van der Waals surface area contributed by atoms with Gasteiger partial charge in [0.2, 0.25) is 5.91 Å². The summed E-state index contributed by atoms with van der Waals surface area (Å²) in [5, 5.41) is 6.18. The zero-order chi connectivity index (χ0) is 26.2. The highest BCUT2D eigenvalue weighted by atomic mass is 16.2. The Morgan fingerprint density at radius 3 is 1.92 bits per heavy atom. The maximum absolute atomic E-state index is 13.6. The van der Waals surface area contributed by atoms with Crippen molar-refractivity contribution in [2.75, 3.05) is 29.9 Å². The molecule has 1 saturated heterocycles. The number of nitrogens with zero attached hydrogens (tertiary/aromatic N) is 1. The zero-order valence-corrected chi connectivity index (χ0v) is 21.5. The van der Waals surface area contributed by atoms with Gasteiger partial charge in [-0.3, -0.25) is 9.59 Å². The lowest BCUT2D eigenvalue weighted by Crippen LogP contribution is -2.29. The molecule has 1 fully saturated rings. The van der Waals surface area contributed by atoms with E-state index in [1.165, 1.54) is 5.56 Å². The van der Waals surface area contributed by atoms with Crippen LogP contribution in [0.15, 0.2) is 109 Å². The third kappa shape index (κ3) is 6.12. The van der Waals surface area contributed by atoms with E-state index in [-0.39, 0.29) is 11.8 Å². The number of nitrogens with one attached hydrogen (secondary N) is 2. The molecule has 1 aliphatic rings. The molecule has 4 aromatic carbocycles. The molecule has 0 atom stereocenters. The number of amides is 2. The Morgan fingerprint density at radius 1 is 0.737 bits per heavy atom. The van der Waals surface area contributed by atoms with Gasteiger partial charge in [-0.25, -0.2) is 0 Å². The van der Waals surface area contributed by atoms with Gasteiger partial charge in [-0.15, -0.1) is 0 Å². The van der Waals surface area contributed by atoms with E-state index < -0.39 is 5.92 Å².